The van der Waals surface area contributed by atoms with Crippen LogP contribution in [0.15, 0.2) is 24.3 Å². The van der Waals surface area contributed by atoms with Crippen molar-refractivity contribution in [2.24, 2.45) is 5.92 Å². The number of likely N-dealkylation sites (N-methyl/N-ethyl adjacent to an activating group) is 2. The lowest BCUT2D eigenvalue weighted by Crippen LogP contribution is -2.51. The van der Waals surface area contributed by atoms with Gasteiger partial charge >= 0.3 is 0 Å². The third-order valence-corrected chi connectivity index (χ3v) is 6.69. The summed E-state index contributed by atoms with van der Waals surface area (Å²) < 4.78 is 13.4. The molecule has 0 aromatic heterocycles. The second kappa shape index (κ2) is 11.8. The lowest BCUT2D eigenvalue weighted by Gasteiger charge is -2.37. The van der Waals surface area contributed by atoms with Crippen LogP contribution in [0.1, 0.15) is 32.3 Å². The number of halogens is 1. The molecule has 0 saturated carbocycles. The third-order valence-electron chi connectivity index (χ3n) is 6.69. The number of hydrogen-bond acceptors (Lipinski definition) is 4. The maximum Gasteiger partial charge on any atom is 0.236 e. The van der Waals surface area contributed by atoms with E-state index in [2.05, 4.69) is 33.4 Å². The van der Waals surface area contributed by atoms with Crippen molar-refractivity contribution in [2.75, 3.05) is 72.0 Å². The van der Waals surface area contributed by atoms with Gasteiger partial charge in [-0.25, -0.2) is 4.39 Å². The molecule has 2 saturated heterocycles. The van der Waals surface area contributed by atoms with Crippen LogP contribution < -0.4 is 0 Å². The minimum atomic E-state index is -0.155. The highest BCUT2D eigenvalue weighted by Crippen LogP contribution is 2.19. The Morgan fingerprint density at radius 1 is 1.10 bits per heavy atom. The van der Waals surface area contributed by atoms with Gasteiger partial charge in [-0.2, -0.15) is 0 Å². The summed E-state index contributed by atoms with van der Waals surface area (Å²) in [5.41, 5.74) is 1.06. The molecule has 1 atom stereocenters. The highest BCUT2D eigenvalue weighted by Gasteiger charge is 2.25. The van der Waals surface area contributed by atoms with Crippen LogP contribution in [0.5, 0.6) is 0 Å². The van der Waals surface area contributed by atoms with Crippen molar-refractivity contribution in [1.29, 1.82) is 0 Å². The summed E-state index contributed by atoms with van der Waals surface area (Å²) in [6, 6.07) is 6.93. The fourth-order valence-corrected chi connectivity index (χ4v) is 4.76. The Bertz CT molecular complexity index is 662. The molecule has 6 heteroatoms. The van der Waals surface area contributed by atoms with Crippen LogP contribution in [0.25, 0.3) is 0 Å². The number of benzene rings is 1. The Morgan fingerprint density at radius 3 is 2.57 bits per heavy atom. The van der Waals surface area contributed by atoms with Crippen LogP contribution in [0.3, 0.4) is 0 Å². The van der Waals surface area contributed by atoms with E-state index < -0.39 is 0 Å². The molecule has 30 heavy (non-hydrogen) atoms. The quantitative estimate of drug-likeness (QED) is 0.617. The van der Waals surface area contributed by atoms with Crippen molar-refractivity contribution < 1.29 is 9.18 Å². The van der Waals surface area contributed by atoms with Crippen LogP contribution in [-0.2, 0) is 11.2 Å². The maximum absolute atomic E-state index is 13.4. The molecule has 0 unspecified atom stereocenters. The van der Waals surface area contributed by atoms with E-state index in [1.54, 1.807) is 12.1 Å². The van der Waals surface area contributed by atoms with Crippen LogP contribution in [0.2, 0.25) is 0 Å². The first kappa shape index (κ1) is 23.2. The number of nitrogens with zero attached hydrogens (tertiary/aromatic N) is 4. The summed E-state index contributed by atoms with van der Waals surface area (Å²) in [4.78, 5) is 22.2. The zero-order valence-electron chi connectivity index (χ0n) is 18.9. The molecule has 2 heterocycles. The maximum atomic E-state index is 13.4. The molecule has 3 rings (SSSR count). The Balaban J connectivity index is 1.43. The van der Waals surface area contributed by atoms with Crippen molar-refractivity contribution in [2.45, 2.75) is 33.1 Å². The number of piperidine rings is 1. The van der Waals surface area contributed by atoms with Gasteiger partial charge in [0.2, 0.25) is 5.91 Å². The zero-order valence-corrected chi connectivity index (χ0v) is 18.9. The molecule has 0 N–H and O–H groups in total. The van der Waals surface area contributed by atoms with Gasteiger partial charge in [0, 0.05) is 52.4 Å². The second-order valence-corrected chi connectivity index (χ2v) is 8.83. The number of piperazine rings is 1. The molecule has 0 aliphatic carbocycles. The van der Waals surface area contributed by atoms with Gasteiger partial charge in [-0.15, -0.1) is 0 Å². The fraction of sp³-hybridized carbons (Fsp3) is 0.708. The Kier molecular flexibility index (Phi) is 9.09. The van der Waals surface area contributed by atoms with Gasteiger partial charge in [-0.05, 0) is 62.9 Å². The van der Waals surface area contributed by atoms with Crippen LogP contribution in [-0.4, -0.2) is 97.5 Å². The van der Waals surface area contributed by atoms with Crippen molar-refractivity contribution >= 4 is 5.91 Å². The summed E-state index contributed by atoms with van der Waals surface area (Å²) in [6.45, 7) is 14.8. The molecule has 0 bridgehead atoms. The van der Waals surface area contributed by atoms with E-state index in [0.717, 1.165) is 77.4 Å². The second-order valence-electron chi connectivity index (χ2n) is 8.83. The van der Waals surface area contributed by atoms with E-state index in [4.69, 9.17) is 0 Å². The molecule has 168 valence electrons. The number of hydrogen-bond donors (Lipinski definition) is 0. The number of carbonyl (C=O) groups is 1. The Morgan fingerprint density at radius 2 is 1.87 bits per heavy atom. The van der Waals surface area contributed by atoms with Gasteiger partial charge in [-0.1, -0.05) is 19.1 Å². The van der Waals surface area contributed by atoms with Gasteiger partial charge < -0.3 is 14.7 Å². The van der Waals surface area contributed by atoms with Crippen molar-refractivity contribution in [3.63, 3.8) is 0 Å². The topological polar surface area (TPSA) is 30.0 Å². The predicted octanol–water partition coefficient (Wildman–Crippen LogP) is 2.57. The highest BCUT2D eigenvalue weighted by molar-refractivity contribution is 5.78. The average molecular weight is 419 g/mol. The first-order valence-corrected chi connectivity index (χ1v) is 11.8. The third kappa shape index (κ3) is 7.03. The normalized spacial score (nSPS) is 21.6. The van der Waals surface area contributed by atoms with Gasteiger partial charge in [0.15, 0.2) is 0 Å². The van der Waals surface area contributed by atoms with Crippen LogP contribution >= 0.6 is 0 Å². The molecule has 1 aromatic rings. The summed E-state index contributed by atoms with van der Waals surface area (Å²) in [7, 11) is 0. The molecule has 0 radical (unpaired) electrons. The van der Waals surface area contributed by atoms with E-state index >= 15 is 0 Å². The van der Waals surface area contributed by atoms with Gasteiger partial charge in [-0.3, -0.25) is 9.69 Å². The SMILES string of the molecule is CCN1CCN(CC(=O)N(CC)C[C@@H]2CCCN(CCc3cccc(F)c3)C2)CC1. The van der Waals surface area contributed by atoms with Crippen molar-refractivity contribution in [1.82, 2.24) is 19.6 Å². The first-order valence-electron chi connectivity index (χ1n) is 11.8. The smallest absolute Gasteiger partial charge is 0.236 e. The molecule has 0 spiro atoms. The van der Waals surface area contributed by atoms with E-state index in [0.29, 0.717) is 12.5 Å². The van der Waals surface area contributed by atoms with E-state index in [1.165, 1.54) is 18.9 Å². The van der Waals surface area contributed by atoms with Crippen molar-refractivity contribution in [3.8, 4) is 0 Å². The molecule has 2 aliphatic rings. The molecule has 5 nitrogen and oxygen atoms in total. The monoisotopic (exact) mass is 418 g/mol. The summed E-state index contributed by atoms with van der Waals surface area (Å²) in [5.74, 6) is 0.656. The van der Waals surface area contributed by atoms with E-state index in [1.807, 2.05) is 6.07 Å². The Labute approximate surface area is 181 Å². The molecule has 2 fully saturated rings. The highest BCUT2D eigenvalue weighted by atomic mass is 19.1. The lowest BCUT2D eigenvalue weighted by atomic mass is 9.96. The van der Waals surface area contributed by atoms with E-state index in [-0.39, 0.29) is 11.7 Å². The predicted molar refractivity (Wildman–Crippen MR) is 120 cm³/mol. The largest absolute Gasteiger partial charge is 0.342 e. The van der Waals surface area contributed by atoms with Gasteiger partial charge in [0.1, 0.15) is 5.82 Å². The minimum Gasteiger partial charge on any atom is -0.342 e. The van der Waals surface area contributed by atoms with Gasteiger partial charge in [0.05, 0.1) is 6.54 Å². The minimum absolute atomic E-state index is 0.155. The van der Waals surface area contributed by atoms with Crippen molar-refractivity contribution in [3.05, 3.63) is 35.6 Å². The van der Waals surface area contributed by atoms with Crippen LogP contribution in [0, 0.1) is 11.7 Å². The fourth-order valence-electron chi connectivity index (χ4n) is 4.76. The average Bonchev–Trinajstić information content (AvgIpc) is 2.77. The van der Waals surface area contributed by atoms with E-state index in [9.17, 15) is 9.18 Å². The number of rotatable bonds is 9. The summed E-state index contributed by atoms with van der Waals surface area (Å²) >= 11 is 0. The lowest BCUT2D eigenvalue weighted by molar-refractivity contribution is -0.133. The molecular formula is C24H39FN4O. The number of likely N-dealkylation sites (tertiary alicyclic amines) is 1. The molecule has 2 aliphatic heterocycles. The first-order chi connectivity index (χ1) is 14.6. The molecule has 1 aromatic carbocycles. The molecular weight excluding hydrogens is 379 g/mol. The summed E-state index contributed by atoms with van der Waals surface area (Å²) in [6.07, 6.45) is 3.25. The van der Waals surface area contributed by atoms with Gasteiger partial charge in [0.25, 0.3) is 0 Å². The standard InChI is InChI=1S/C24H39FN4O/c1-3-26-13-15-28(16-14-26)20-24(30)29(4-2)19-22-8-6-11-27(18-22)12-10-21-7-5-9-23(25)17-21/h5,7,9,17,22H,3-4,6,8,10-16,18-20H2,1-2H3/t22-/m1/s1. The molecule has 1 amide bonds. The summed E-state index contributed by atoms with van der Waals surface area (Å²) in [5, 5.41) is 0. The van der Waals surface area contributed by atoms with Crippen LogP contribution in [0.4, 0.5) is 4.39 Å². The number of carbonyl (C=O) groups excluding carboxylic acids is 1. The Hall–Kier alpha value is -1.50. The zero-order chi connectivity index (χ0) is 21.3. The number of amides is 1.